The number of carbonyl (C=O) groups is 1. The third kappa shape index (κ3) is 3.56. The number of hydrogen-bond acceptors (Lipinski definition) is 3. The Morgan fingerprint density at radius 1 is 1.30 bits per heavy atom. The Labute approximate surface area is 143 Å². The summed E-state index contributed by atoms with van der Waals surface area (Å²) in [6.45, 7) is 2.70. The summed E-state index contributed by atoms with van der Waals surface area (Å²) in [6.07, 6.45) is 1.85. The van der Waals surface area contributed by atoms with Gasteiger partial charge in [0.15, 0.2) is 0 Å². The van der Waals surface area contributed by atoms with E-state index in [0.717, 1.165) is 15.8 Å². The van der Waals surface area contributed by atoms with Crippen molar-refractivity contribution < 1.29 is 14.3 Å². The highest BCUT2D eigenvalue weighted by Crippen LogP contribution is 2.30. The van der Waals surface area contributed by atoms with Crippen molar-refractivity contribution >= 4 is 33.6 Å². The Balaban J connectivity index is 1.82. The summed E-state index contributed by atoms with van der Waals surface area (Å²) in [5.74, 6) is 1.24. The molecule has 1 N–H and O–H groups in total. The van der Waals surface area contributed by atoms with Gasteiger partial charge in [0, 0.05) is 10.0 Å². The predicted molar refractivity (Wildman–Crippen MR) is 93.9 cm³/mol. The molecule has 118 valence electrons. The molecule has 1 heterocycles. The molecule has 2 aromatic carbocycles. The number of ether oxygens (including phenoxy) is 2. The van der Waals surface area contributed by atoms with E-state index in [-0.39, 0.29) is 12.5 Å². The molecule has 0 fully saturated rings. The molecule has 1 aliphatic rings. The minimum Gasteiger partial charge on any atom is -0.492 e. The molecule has 0 atom stereocenters. The largest absolute Gasteiger partial charge is 0.492 e. The summed E-state index contributed by atoms with van der Waals surface area (Å²) in [5.41, 5.74) is 2.11. The molecule has 4 nitrogen and oxygen atoms in total. The third-order valence-corrected chi connectivity index (χ3v) is 3.90. The van der Waals surface area contributed by atoms with Gasteiger partial charge in [0.2, 0.25) is 0 Å². The van der Waals surface area contributed by atoms with Crippen molar-refractivity contribution in [3.8, 4) is 11.5 Å². The number of rotatable bonds is 4. The average molecular weight is 374 g/mol. The molecule has 0 spiro atoms. The number of hydrogen-bond donors (Lipinski definition) is 1. The first-order valence-electron chi connectivity index (χ1n) is 7.33. The molecule has 0 saturated heterocycles. The smallest absolute Gasteiger partial charge is 0.255 e. The van der Waals surface area contributed by atoms with Gasteiger partial charge in [-0.1, -0.05) is 28.1 Å². The molecule has 0 aliphatic carbocycles. The summed E-state index contributed by atoms with van der Waals surface area (Å²) >= 11 is 3.43. The summed E-state index contributed by atoms with van der Waals surface area (Å²) in [6, 6.07) is 13.1. The number of anilines is 1. The van der Waals surface area contributed by atoms with Crippen LogP contribution in [0.3, 0.4) is 0 Å². The van der Waals surface area contributed by atoms with E-state index in [4.69, 9.17) is 9.47 Å². The Morgan fingerprint density at radius 3 is 2.96 bits per heavy atom. The fourth-order valence-corrected chi connectivity index (χ4v) is 2.71. The van der Waals surface area contributed by atoms with Crippen LogP contribution in [-0.4, -0.2) is 19.1 Å². The summed E-state index contributed by atoms with van der Waals surface area (Å²) < 4.78 is 12.1. The Morgan fingerprint density at radius 2 is 2.13 bits per heavy atom. The number of carbonyl (C=O) groups excluding carboxylic acids is 1. The van der Waals surface area contributed by atoms with Crippen molar-refractivity contribution in [1.29, 1.82) is 0 Å². The molecule has 5 heteroatoms. The van der Waals surface area contributed by atoms with E-state index in [0.29, 0.717) is 23.6 Å². The minimum atomic E-state index is -0.192. The van der Waals surface area contributed by atoms with Crippen LogP contribution in [0.25, 0.3) is 6.08 Å². The van der Waals surface area contributed by atoms with E-state index in [1.165, 1.54) is 0 Å². The van der Waals surface area contributed by atoms with Crippen LogP contribution in [0.2, 0.25) is 0 Å². The fourth-order valence-electron chi connectivity index (χ4n) is 2.33. The lowest BCUT2D eigenvalue weighted by Gasteiger charge is -2.18. The highest BCUT2D eigenvalue weighted by Gasteiger charge is 2.18. The maximum Gasteiger partial charge on any atom is 0.255 e. The number of para-hydroxylation sites is 2. The van der Waals surface area contributed by atoms with Crippen LogP contribution in [-0.2, 0) is 4.79 Å². The second kappa shape index (κ2) is 6.87. The Bertz CT molecular complexity index is 771. The molecule has 0 aromatic heterocycles. The molecular weight excluding hydrogens is 358 g/mol. The quantitative estimate of drug-likeness (QED) is 0.870. The van der Waals surface area contributed by atoms with E-state index in [1.54, 1.807) is 0 Å². The van der Waals surface area contributed by atoms with E-state index in [2.05, 4.69) is 21.2 Å². The average Bonchev–Trinajstić information content (AvgIpc) is 2.56. The molecule has 0 radical (unpaired) electrons. The summed E-state index contributed by atoms with van der Waals surface area (Å²) in [7, 11) is 0. The van der Waals surface area contributed by atoms with Gasteiger partial charge >= 0.3 is 0 Å². The van der Waals surface area contributed by atoms with Crippen LogP contribution < -0.4 is 14.8 Å². The maximum atomic E-state index is 12.5. The van der Waals surface area contributed by atoms with Crippen LogP contribution in [0.4, 0.5) is 5.69 Å². The zero-order valence-electron chi connectivity index (χ0n) is 12.6. The first kappa shape index (κ1) is 15.6. The van der Waals surface area contributed by atoms with Crippen LogP contribution >= 0.6 is 15.9 Å². The molecule has 1 aliphatic heterocycles. The Kier molecular flexibility index (Phi) is 4.67. The second-order valence-electron chi connectivity index (χ2n) is 5.02. The van der Waals surface area contributed by atoms with Crippen LogP contribution in [0.15, 0.2) is 52.5 Å². The van der Waals surface area contributed by atoms with Gasteiger partial charge in [-0.05, 0) is 43.3 Å². The van der Waals surface area contributed by atoms with Gasteiger partial charge in [0.05, 0.1) is 17.9 Å². The number of halogens is 1. The third-order valence-electron chi connectivity index (χ3n) is 3.41. The highest BCUT2D eigenvalue weighted by atomic mass is 79.9. The number of nitrogens with one attached hydrogen (secondary N) is 1. The number of amides is 1. The van der Waals surface area contributed by atoms with Crippen molar-refractivity contribution in [2.45, 2.75) is 6.92 Å². The van der Waals surface area contributed by atoms with Gasteiger partial charge in [0.1, 0.15) is 18.1 Å². The number of fused-ring (bicyclic) bond motifs is 1. The SMILES string of the molecule is CCOc1ccccc1NC(=O)C1=Cc2cc(Br)ccc2OC1. The number of benzene rings is 2. The van der Waals surface area contributed by atoms with Gasteiger partial charge in [0.25, 0.3) is 5.91 Å². The normalized spacial score (nSPS) is 12.7. The standard InChI is InChI=1S/C18H16BrNO3/c1-2-22-17-6-4-3-5-15(17)20-18(21)13-9-12-10-14(19)7-8-16(12)23-11-13/h3-10H,2,11H2,1H3,(H,20,21). The predicted octanol–water partition coefficient (Wildman–Crippen LogP) is 4.26. The molecule has 3 rings (SSSR count). The van der Waals surface area contributed by atoms with E-state index >= 15 is 0 Å². The van der Waals surface area contributed by atoms with Gasteiger partial charge in [-0.25, -0.2) is 0 Å². The Hall–Kier alpha value is -2.27. The zero-order valence-corrected chi connectivity index (χ0v) is 14.2. The topological polar surface area (TPSA) is 47.6 Å². The second-order valence-corrected chi connectivity index (χ2v) is 5.94. The van der Waals surface area contributed by atoms with Gasteiger partial charge in [-0.3, -0.25) is 4.79 Å². The first-order chi connectivity index (χ1) is 11.2. The molecular formula is C18H16BrNO3. The lowest BCUT2D eigenvalue weighted by molar-refractivity contribution is -0.113. The van der Waals surface area contributed by atoms with Crippen molar-refractivity contribution in [1.82, 2.24) is 0 Å². The van der Waals surface area contributed by atoms with Gasteiger partial charge < -0.3 is 14.8 Å². The van der Waals surface area contributed by atoms with Gasteiger partial charge in [-0.15, -0.1) is 0 Å². The molecule has 2 aromatic rings. The molecule has 23 heavy (non-hydrogen) atoms. The van der Waals surface area contributed by atoms with E-state index in [1.807, 2.05) is 55.5 Å². The lowest BCUT2D eigenvalue weighted by atomic mass is 10.1. The van der Waals surface area contributed by atoms with Crippen LogP contribution in [0.1, 0.15) is 12.5 Å². The van der Waals surface area contributed by atoms with Crippen molar-refractivity contribution in [3.63, 3.8) is 0 Å². The molecule has 0 unspecified atom stereocenters. The fraction of sp³-hybridized carbons (Fsp3) is 0.167. The van der Waals surface area contributed by atoms with Crippen LogP contribution in [0.5, 0.6) is 11.5 Å². The lowest BCUT2D eigenvalue weighted by Crippen LogP contribution is -2.21. The van der Waals surface area contributed by atoms with E-state index in [9.17, 15) is 4.79 Å². The maximum absolute atomic E-state index is 12.5. The zero-order chi connectivity index (χ0) is 16.2. The monoisotopic (exact) mass is 373 g/mol. The summed E-state index contributed by atoms with van der Waals surface area (Å²) in [5, 5.41) is 2.89. The minimum absolute atomic E-state index is 0.192. The van der Waals surface area contributed by atoms with Gasteiger partial charge in [-0.2, -0.15) is 0 Å². The molecule has 1 amide bonds. The highest BCUT2D eigenvalue weighted by molar-refractivity contribution is 9.10. The van der Waals surface area contributed by atoms with Crippen LogP contribution in [0, 0.1) is 0 Å². The van der Waals surface area contributed by atoms with Crippen molar-refractivity contribution in [2.75, 3.05) is 18.5 Å². The van der Waals surface area contributed by atoms with E-state index < -0.39 is 0 Å². The molecule has 0 bridgehead atoms. The molecule has 0 saturated carbocycles. The van der Waals surface area contributed by atoms with Crippen molar-refractivity contribution in [2.24, 2.45) is 0 Å². The van der Waals surface area contributed by atoms with Crippen molar-refractivity contribution in [3.05, 3.63) is 58.1 Å². The first-order valence-corrected chi connectivity index (χ1v) is 8.13. The summed E-state index contributed by atoms with van der Waals surface area (Å²) in [4.78, 5) is 12.5.